The van der Waals surface area contributed by atoms with Gasteiger partial charge in [-0.2, -0.15) is 5.10 Å². The van der Waals surface area contributed by atoms with Crippen LogP contribution in [0.4, 0.5) is 10.1 Å². The first-order valence-electron chi connectivity index (χ1n) is 9.78. The summed E-state index contributed by atoms with van der Waals surface area (Å²) in [5.74, 6) is 0.356. The van der Waals surface area contributed by atoms with Crippen LogP contribution in [0.25, 0.3) is 0 Å². The van der Waals surface area contributed by atoms with E-state index in [0.29, 0.717) is 12.5 Å². The molecule has 0 saturated carbocycles. The molecule has 0 atom stereocenters. The molecule has 2 heterocycles. The molecule has 1 aliphatic heterocycles. The molecule has 0 spiro atoms. The third-order valence-electron chi connectivity index (χ3n) is 5.22. The third-order valence-corrected chi connectivity index (χ3v) is 5.22. The molecule has 2 N–H and O–H groups in total. The van der Waals surface area contributed by atoms with Crippen molar-refractivity contribution in [1.29, 1.82) is 0 Å². The standard InChI is InChI=1S/C22H25FN6.HI/c23-20-6-8-21(9-7-20)27-12-14-28(15-13-27)22(24)25-16-18-4-1-2-5-19(18)17-29-11-3-10-26-29;/h1-11H,12-17H2,(H2,24,25);1H. The largest absolute Gasteiger partial charge is 0.370 e. The predicted octanol–water partition coefficient (Wildman–Crippen LogP) is 3.33. The zero-order valence-electron chi connectivity index (χ0n) is 16.7. The fraction of sp³-hybridized carbons (Fsp3) is 0.273. The zero-order chi connectivity index (χ0) is 20.1. The molecule has 8 heteroatoms. The van der Waals surface area contributed by atoms with Crippen LogP contribution in [0.5, 0.6) is 0 Å². The van der Waals surface area contributed by atoms with Crippen LogP contribution >= 0.6 is 24.0 Å². The van der Waals surface area contributed by atoms with Crippen LogP contribution in [0.3, 0.4) is 0 Å². The maximum absolute atomic E-state index is 13.1. The number of nitrogens with zero attached hydrogens (tertiary/aromatic N) is 5. The van der Waals surface area contributed by atoms with E-state index in [4.69, 9.17) is 5.73 Å². The Labute approximate surface area is 193 Å². The minimum absolute atomic E-state index is 0. The lowest BCUT2D eigenvalue weighted by Gasteiger charge is -2.36. The summed E-state index contributed by atoms with van der Waals surface area (Å²) in [5.41, 5.74) is 9.65. The van der Waals surface area contributed by atoms with Gasteiger partial charge < -0.3 is 15.5 Å². The van der Waals surface area contributed by atoms with E-state index in [0.717, 1.165) is 44.0 Å². The molecule has 6 nitrogen and oxygen atoms in total. The molecule has 2 aromatic carbocycles. The van der Waals surface area contributed by atoms with Crippen molar-refractivity contribution in [1.82, 2.24) is 14.7 Å². The van der Waals surface area contributed by atoms with Gasteiger partial charge in [-0.1, -0.05) is 24.3 Å². The highest BCUT2D eigenvalue weighted by Gasteiger charge is 2.18. The van der Waals surface area contributed by atoms with E-state index in [1.807, 2.05) is 41.2 Å². The van der Waals surface area contributed by atoms with E-state index in [1.54, 1.807) is 6.20 Å². The molecule has 30 heavy (non-hydrogen) atoms. The van der Waals surface area contributed by atoms with Gasteiger partial charge >= 0.3 is 0 Å². The summed E-state index contributed by atoms with van der Waals surface area (Å²) in [6.07, 6.45) is 3.74. The number of aromatic nitrogens is 2. The highest BCUT2D eigenvalue weighted by molar-refractivity contribution is 14.0. The number of piperazine rings is 1. The van der Waals surface area contributed by atoms with Gasteiger partial charge in [-0.05, 0) is 41.5 Å². The predicted molar refractivity (Wildman–Crippen MR) is 129 cm³/mol. The lowest BCUT2D eigenvalue weighted by atomic mass is 10.1. The molecular formula is C22H26FIN6. The van der Waals surface area contributed by atoms with Gasteiger partial charge in [-0.3, -0.25) is 4.68 Å². The van der Waals surface area contributed by atoms with Gasteiger partial charge in [0.25, 0.3) is 0 Å². The molecule has 3 aromatic rings. The van der Waals surface area contributed by atoms with Gasteiger partial charge in [0.15, 0.2) is 5.96 Å². The molecule has 158 valence electrons. The second-order valence-electron chi connectivity index (χ2n) is 7.10. The number of halogens is 2. The van der Waals surface area contributed by atoms with E-state index in [-0.39, 0.29) is 29.8 Å². The van der Waals surface area contributed by atoms with Crippen molar-refractivity contribution < 1.29 is 4.39 Å². The smallest absolute Gasteiger partial charge is 0.191 e. The van der Waals surface area contributed by atoms with E-state index in [1.165, 1.54) is 17.7 Å². The lowest BCUT2D eigenvalue weighted by Crippen LogP contribution is -2.51. The van der Waals surface area contributed by atoms with Crippen LogP contribution in [0.1, 0.15) is 11.1 Å². The molecule has 0 unspecified atom stereocenters. The van der Waals surface area contributed by atoms with Gasteiger partial charge in [0, 0.05) is 44.3 Å². The van der Waals surface area contributed by atoms with Crippen LogP contribution in [0.15, 0.2) is 72.0 Å². The van der Waals surface area contributed by atoms with Crippen LogP contribution in [-0.4, -0.2) is 46.8 Å². The topological polar surface area (TPSA) is 62.7 Å². The first kappa shape index (κ1) is 22.1. The SMILES string of the molecule is I.NC(=NCc1ccccc1Cn1cccn1)N1CCN(c2ccc(F)cc2)CC1. The minimum atomic E-state index is -0.211. The second-order valence-corrected chi connectivity index (χ2v) is 7.10. The first-order valence-corrected chi connectivity index (χ1v) is 9.78. The minimum Gasteiger partial charge on any atom is -0.370 e. The zero-order valence-corrected chi connectivity index (χ0v) is 19.0. The Bertz CT molecular complexity index is 950. The van der Waals surface area contributed by atoms with Gasteiger partial charge in [0.1, 0.15) is 5.82 Å². The highest BCUT2D eigenvalue weighted by atomic mass is 127. The molecule has 0 amide bonds. The Kier molecular flexibility index (Phi) is 7.67. The van der Waals surface area contributed by atoms with Crippen LogP contribution < -0.4 is 10.6 Å². The van der Waals surface area contributed by atoms with E-state index >= 15 is 0 Å². The normalized spacial score (nSPS) is 14.5. The van der Waals surface area contributed by atoms with Gasteiger partial charge in [-0.15, -0.1) is 24.0 Å². The average molecular weight is 520 g/mol. The molecule has 0 radical (unpaired) electrons. The van der Waals surface area contributed by atoms with Crippen molar-refractivity contribution in [2.45, 2.75) is 13.1 Å². The number of nitrogens with two attached hydrogens (primary N) is 1. The van der Waals surface area contributed by atoms with Crippen molar-refractivity contribution >= 4 is 35.6 Å². The lowest BCUT2D eigenvalue weighted by molar-refractivity contribution is 0.380. The maximum Gasteiger partial charge on any atom is 0.191 e. The fourth-order valence-electron chi connectivity index (χ4n) is 3.55. The molecule has 1 saturated heterocycles. The summed E-state index contributed by atoms with van der Waals surface area (Å²) in [6.45, 7) is 4.51. The summed E-state index contributed by atoms with van der Waals surface area (Å²) >= 11 is 0. The Morgan fingerprint density at radius 3 is 2.33 bits per heavy atom. The van der Waals surface area contributed by atoms with Crippen LogP contribution in [-0.2, 0) is 13.1 Å². The van der Waals surface area contributed by atoms with Crippen molar-refractivity contribution in [3.8, 4) is 0 Å². The van der Waals surface area contributed by atoms with E-state index in [9.17, 15) is 4.39 Å². The van der Waals surface area contributed by atoms with E-state index < -0.39 is 0 Å². The summed E-state index contributed by atoms with van der Waals surface area (Å²) in [5, 5.41) is 4.28. The number of rotatable bonds is 5. The molecule has 0 aliphatic carbocycles. The molecule has 1 fully saturated rings. The quantitative estimate of drug-likeness (QED) is 0.319. The number of guanidine groups is 1. The number of anilines is 1. The number of hydrogen-bond acceptors (Lipinski definition) is 3. The molecular weight excluding hydrogens is 494 g/mol. The van der Waals surface area contributed by atoms with Crippen molar-refractivity contribution in [2.24, 2.45) is 10.7 Å². The maximum atomic E-state index is 13.1. The summed E-state index contributed by atoms with van der Waals surface area (Å²) in [4.78, 5) is 8.99. The van der Waals surface area contributed by atoms with Crippen molar-refractivity contribution in [2.75, 3.05) is 31.1 Å². The molecule has 1 aromatic heterocycles. The third kappa shape index (κ3) is 5.50. The number of benzene rings is 2. The number of hydrogen-bond donors (Lipinski definition) is 1. The second kappa shape index (κ2) is 10.4. The van der Waals surface area contributed by atoms with Gasteiger partial charge in [-0.25, -0.2) is 9.38 Å². The Morgan fingerprint density at radius 1 is 0.967 bits per heavy atom. The first-order chi connectivity index (χ1) is 14.2. The molecule has 0 bridgehead atoms. The summed E-state index contributed by atoms with van der Waals surface area (Å²) in [6, 6.07) is 16.8. The summed E-state index contributed by atoms with van der Waals surface area (Å²) < 4.78 is 15.0. The Balaban J connectivity index is 0.00000256. The average Bonchev–Trinajstić information content (AvgIpc) is 3.27. The van der Waals surface area contributed by atoms with Gasteiger partial charge in [0.2, 0.25) is 0 Å². The Morgan fingerprint density at radius 2 is 1.67 bits per heavy atom. The highest BCUT2D eigenvalue weighted by Crippen LogP contribution is 2.17. The fourth-order valence-corrected chi connectivity index (χ4v) is 3.55. The monoisotopic (exact) mass is 520 g/mol. The van der Waals surface area contributed by atoms with Crippen LogP contribution in [0.2, 0.25) is 0 Å². The summed E-state index contributed by atoms with van der Waals surface area (Å²) in [7, 11) is 0. The Hall–Kier alpha value is -2.62. The molecule has 4 rings (SSSR count). The molecule has 1 aliphatic rings. The number of aliphatic imine (C=N–C) groups is 1. The van der Waals surface area contributed by atoms with Crippen LogP contribution in [0, 0.1) is 5.82 Å². The van der Waals surface area contributed by atoms with Crippen molar-refractivity contribution in [3.63, 3.8) is 0 Å². The van der Waals surface area contributed by atoms with E-state index in [2.05, 4.69) is 32.0 Å². The van der Waals surface area contributed by atoms with Gasteiger partial charge in [0.05, 0.1) is 13.1 Å². The van der Waals surface area contributed by atoms with Crippen molar-refractivity contribution in [3.05, 3.63) is 83.9 Å².